The number of aryl methyl sites for hydroxylation is 1. The SMILES string of the molecule is Cc1ccc(NC(=O)CC2CS(=O)(=O)CCN2)cn1. The van der Waals surface area contributed by atoms with Crippen LogP contribution in [0.1, 0.15) is 12.1 Å². The monoisotopic (exact) mass is 283 g/mol. The van der Waals surface area contributed by atoms with Gasteiger partial charge in [0.1, 0.15) is 0 Å². The molecule has 1 unspecified atom stereocenters. The van der Waals surface area contributed by atoms with Gasteiger partial charge < -0.3 is 10.6 Å². The molecule has 0 saturated carbocycles. The first-order valence-electron chi connectivity index (χ1n) is 6.11. The number of amides is 1. The van der Waals surface area contributed by atoms with E-state index in [4.69, 9.17) is 0 Å². The van der Waals surface area contributed by atoms with Gasteiger partial charge in [0.15, 0.2) is 9.84 Å². The number of rotatable bonds is 3. The predicted molar refractivity (Wildman–Crippen MR) is 72.7 cm³/mol. The smallest absolute Gasteiger partial charge is 0.226 e. The molecule has 1 saturated heterocycles. The molecule has 104 valence electrons. The number of aromatic nitrogens is 1. The number of nitrogens with zero attached hydrogens (tertiary/aromatic N) is 1. The average Bonchev–Trinajstić information content (AvgIpc) is 2.30. The van der Waals surface area contributed by atoms with Crippen LogP contribution in [0, 0.1) is 6.92 Å². The van der Waals surface area contributed by atoms with E-state index in [-0.39, 0.29) is 29.9 Å². The number of hydrogen-bond donors (Lipinski definition) is 2. The van der Waals surface area contributed by atoms with E-state index in [1.54, 1.807) is 18.3 Å². The van der Waals surface area contributed by atoms with Gasteiger partial charge in [-0.2, -0.15) is 0 Å². The highest BCUT2D eigenvalue weighted by atomic mass is 32.2. The van der Waals surface area contributed by atoms with Gasteiger partial charge in [0.05, 0.1) is 23.4 Å². The van der Waals surface area contributed by atoms with Crippen LogP contribution in [0.15, 0.2) is 18.3 Å². The fourth-order valence-corrected chi connectivity index (χ4v) is 3.42. The van der Waals surface area contributed by atoms with Crippen LogP contribution < -0.4 is 10.6 Å². The zero-order valence-corrected chi connectivity index (χ0v) is 11.5. The van der Waals surface area contributed by atoms with Gasteiger partial charge in [-0.05, 0) is 19.1 Å². The summed E-state index contributed by atoms with van der Waals surface area (Å²) in [6, 6.07) is 3.27. The molecule has 2 N–H and O–H groups in total. The van der Waals surface area contributed by atoms with E-state index in [2.05, 4.69) is 15.6 Å². The van der Waals surface area contributed by atoms with Gasteiger partial charge in [-0.3, -0.25) is 9.78 Å². The summed E-state index contributed by atoms with van der Waals surface area (Å²) >= 11 is 0. The van der Waals surface area contributed by atoms with E-state index < -0.39 is 9.84 Å². The Bertz CT molecular complexity index is 554. The van der Waals surface area contributed by atoms with Crippen molar-refractivity contribution in [1.29, 1.82) is 0 Å². The van der Waals surface area contributed by atoms with E-state index >= 15 is 0 Å². The van der Waals surface area contributed by atoms with Crippen LogP contribution in [0.2, 0.25) is 0 Å². The van der Waals surface area contributed by atoms with Crippen molar-refractivity contribution in [3.05, 3.63) is 24.0 Å². The Morgan fingerprint density at radius 1 is 1.53 bits per heavy atom. The van der Waals surface area contributed by atoms with Gasteiger partial charge in [-0.1, -0.05) is 0 Å². The van der Waals surface area contributed by atoms with Crippen molar-refractivity contribution in [3.63, 3.8) is 0 Å². The fourth-order valence-electron chi connectivity index (χ4n) is 1.98. The standard InChI is InChI=1S/C12H17N3O3S/c1-9-2-3-10(7-14-9)15-12(16)6-11-8-19(17,18)5-4-13-11/h2-3,7,11,13H,4-6,8H2,1H3,(H,15,16). The van der Waals surface area contributed by atoms with Crippen LogP contribution in [0.4, 0.5) is 5.69 Å². The van der Waals surface area contributed by atoms with Crippen molar-refractivity contribution in [2.45, 2.75) is 19.4 Å². The first-order valence-corrected chi connectivity index (χ1v) is 7.93. The number of carbonyl (C=O) groups excluding carboxylic acids is 1. The molecule has 0 aromatic carbocycles. The molecule has 0 aliphatic carbocycles. The molecule has 7 heteroatoms. The average molecular weight is 283 g/mol. The van der Waals surface area contributed by atoms with Crippen LogP contribution >= 0.6 is 0 Å². The second kappa shape index (κ2) is 5.66. The summed E-state index contributed by atoms with van der Waals surface area (Å²) in [6.07, 6.45) is 1.73. The Kier molecular flexibility index (Phi) is 4.16. The lowest BCUT2D eigenvalue weighted by Crippen LogP contribution is -2.46. The van der Waals surface area contributed by atoms with Crippen molar-refractivity contribution >= 4 is 21.4 Å². The van der Waals surface area contributed by atoms with Gasteiger partial charge >= 0.3 is 0 Å². The number of carbonyl (C=O) groups is 1. The highest BCUT2D eigenvalue weighted by Crippen LogP contribution is 2.09. The van der Waals surface area contributed by atoms with Crippen molar-refractivity contribution in [3.8, 4) is 0 Å². The van der Waals surface area contributed by atoms with Gasteiger partial charge in [-0.15, -0.1) is 0 Å². The largest absolute Gasteiger partial charge is 0.325 e. The number of anilines is 1. The minimum absolute atomic E-state index is 0.0204. The summed E-state index contributed by atoms with van der Waals surface area (Å²) < 4.78 is 22.9. The van der Waals surface area contributed by atoms with Crippen LogP contribution in [-0.4, -0.2) is 43.4 Å². The summed E-state index contributed by atoms with van der Waals surface area (Å²) in [5.41, 5.74) is 1.49. The summed E-state index contributed by atoms with van der Waals surface area (Å²) in [7, 11) is -3.01. The molecule has 1 aromatic heterocycles. The Morgan fingerprint density at radius 2 is 2.32 bits per heavy atom. The second-order valence-electron chi connectivity index (χ2n) is 4.71. The normalized spacial score (nSPS) is 21.8. The first-order chi connectivity index (χ1) is 8.94. The summed E-state index contributed by atoms with van der Waals surface area (Å²) in [5, 5.41) is 5.75. The highest BCUT2D eigenvalue weighted by molar-refractivity contribution is 7.91. The van der Waals surface area contributed by atoms with Crippen LogP contribution in [0.3, 0.4) is 0 Å². The molecule has 1 aromatic rings. The molecule has 0 radical (unpaired) electrons. The van der Waals surface area contributed by atoms with E-state index in [1.807, 2.05) is 6.92 Å². The third-order valence-electron chi connectivity index (χ3n) is 2.93. The van der Waals surface area contributed by atoms with Crippen LogP contribution in [-0.2, 0) is 14.6 Å². The van der Waals surface area contributed by atoms with Gasteiger partial charge in [-0.25, -0.2) is 8.42 Å². The number of nitrogens with one attached hydrogen (secondary N) is 2. The summed E-state index contributed by atoms with van der Waals surface area (Å²) in [5.74, 6) is -0.0419. The first kappa shape index (κ1) is 14.0. The Balaban J connectivity index is 1.89. The summed E-state index contributed by atoms with van der Waals surface area (Å²) in [4.78, 5) is 15.9. The maximum Gasteiger partial charge on any atom is 0.226 e. The topological polar surface area (TPSA) is 88.2 Å². The third-order valence-corrected chi connectivity index (χ3v) is 4.66. The maximum absolute atomic E-state index is 11.8. The van der Waals surface area contributed by atoms with Crippen molar-refractivity contribution < 1.29 is 13.2 Å². The minimum Gasteiger partial charge on any atom is -0.325 e. The Hall–Kier alpha value is -1.47. The maximum atomic E-state index is 11.8. The van der Waals surface area contributed by atoms with Gasteiger partial charge in [0.25, 0.3) is 0 Å². The molecule has 0 spiro atoms. The molecular weight excluding hydrogens is 266 g/mol. The van der Waals surface area contributed by atoms with Crippen LogP contribution in [0.25, 0.3) is 0 Å². The lowest BCUT2D eigenvalue weighted by molar-refractivity contribution is -0.116. The number of sulfone groups is 1. The van der Waals surface area contributed by atoms with Crippen LogP contribution in [0.5, 0.6) is 0 Å². The van der Waals surface area contributed by atoms with E-state index in [0.717, 1.165) is 5.69 Å². The Labute approximate surface area is 112 Å². The molecule has 1 fully saturated rings. The summed E-state index contributed by atoms with van der Waals surface area (Å²) in [6.45, 7) is 2.27. The predicted octanol–water partition coefficient (Wildman–Crippen LogP) is 0.105. The van der Waals surface area contributed by atoms with Crippen molar-refractivity contribution in [2.24, 2.45) is 0 Å². The molecule has 1 aliphatic rings. The number of hydrogen-bond acceptors (Lipinski definition) is 5. The molecule has 2 heterocycles. The quantitative estimate of drug-likeness (QED) is 0.821. The van der Waals surface area contributed by atoms with Gasteiger partial charge in [0, 0.05) is 24.7 Å². The van der Waals surface area contributed by atoms with Crippen molar-refractivity contribution in [1.82, 2.24) is 10.3 Å². The lowest BCUT2D eigenvalue weighted by atomic mass is 10.2. The van der Waals surface area contributed by atoms with Gasteiger partial charge in [0.2, 0.25) is 5.91 Å². The molecule has 1 aliphatic heterocycles. The molecule has 1 amide bonds. The van der Waals surface area contributed by atoms with E-state index in [0.29, 0.717) is 12.2 Å². The van der Waals surface area contributed by atoms with E-state index in [1.165, 1.54) is 0 Å². The Morgan fingerprint density at radius 3 is 2.95 bits per heavy atom. The molecule has 6 nitrogen and oxygen atoms in total. The lowest BCUT2D eigenvalue weighted by Gasteiger charge is -2.23. The zero-order valence-electron chi connectivity index (χ0n) is 10.7. The second-order valence-corrected chi connectivity index (χ2v) is 6.93. The zero-order chi connectivity index (χ0) is 13.9. The van der Waals surface area contributed by atoms with Crippen molar-refractivity contribution in [2.75, 3.05) is 23.4 Å². The fraction of sp³-hybridized carbons (Fsp3) is 0.500. The third kappa shape index (κ3) is 4.29. The van der Waals surface area contributed by atoms with E-state index in [9.17, 15) is 13.2 Å². The molecule has 1 atom stereocenters. The molecule has 2 rings (SSSR count). The molecule has 0 bridgehead atoms. The highest BCUT2D eigenvalue weighted by Gasteiger charge is 2.25. The molecule has 19 heavy (non-hydrogen) atoms. The number of pyridine rings is 1. The minimum atomic E-state index is -3.01. The molecular formula is C12H17N3O3S.